The van der Waals surface area contributed by atoms with Crippen LogP contribution in [0, 0.1) is 0 Å². The molecule has 6 atom stereocenters. The van der Waals surface area contributed by atoms with Gasteiger partial charge in [-0.2, -0.15) is 8.62 Å². The number of nitrogens with zero attached hydrogens (tertiary/aromatic N) is 4. The lowest BCUT2D eigenvalue weighted by Gasteiger charge is -2.30. The number of rotatable bonds is 10. The van der Waals surface area contributed by atoms with Crippen LogP contribution in [0.25, 0.3) is 10.4 Å². The number of hydrogen-bond donors (Lipinski definition) is 6. The molecule has 1 aliphatic heterocycles. The van der Waals surface area contributed by atoms with Crippen molar-refractivity contribution in [2.45, 2.75) is 24.1 Å². The third-order valence-electron chi connectivity index (χ3n) is 3.88. The normalized spacial score (nSPS) is 29.1. The molecule has 3 unspecified atom stereocenters. The topological polar surface area (TPSA) is 293 Å². The lowest BCUT2D eigenvalue weighted by Crippen LogP contribution is -2.48. The second kappa shape index (κ2) is 9.85. The van der Waals surface area contributed by atoms with Gasteiger partial charge in [0.05, 0.1) is 13.2 Å². The van der Waals surface area contributed by atoms with Crippen LogP contribution in [0.2, 0.25) is 0 Å². The molecule has 0 radical (unpaired) electrons. The minimum atomic E-state index is -5.88. The van der Waals surface area contributed by atoms with E-state index in [-0.39, 0.29) is 0 Å². The number of phosphoric acid groups is 3. The molecule has 1 aromatic heterocycles. The molecule has 0 saturated carbocycles. The number of azide groups is 1. The van der Waals surface area contributed by atoms with Crippen LogP contribution in [-0.4, -0.2) is 65.3 Å². The third kappa shape index (κ3) is 7.11. The third-order valence-corrected chi connectivity index (χ3v) is 7.67. The average Bonchev–Trinajstić information content (AvgIpc) is 2.88. The Morgan fingerprint density at radius 2 is 1.88 bits per heavy atom. The summed E-state index contributed by atoms with van der Waals surface area (Å²) < 4.78 is 65.9. The van der Waals surface area contributed by atoms with Crippen LogP contribution in [0.3, 0.4) is 0 Å². The fraction of sp³-hybridized carbons (Fsp3) is 0.600. The number of aliphatic hydroxyl groups is 1. The van der Waals surface area contributed by atoms with Gasteiger partial charge >= 0.3 is 29.2 Å². The molecule has 0 spiro atoms. The van der Waals surface area contributed by atoms with Gasteiger partial charge in [0, 0.05) is 17.2 Å². The van der Waals surface area contributed by atoms with Gasteiger partial charge in [0.15, 0.2) is 12.4 Å². The minimum Gasteiger partial charge on any atom is -0.387 e. The Morgan fingerprint density at radius 1 is 1.24 bits per heavy atom. The zero-order valence-electron chi connectivity index (χ0n) is 15.7. The SMILES string of the molecule is [N-]=[N+]=NCC1(COP(=O)(O)OP(=O)(O)OP(=O)(O)O)O[C@@H](n2ccc(=O)[nH]c2=O)[C@H](F)[C@@H]1O. The number of alkyl halides is 1. The molecule has 6 N–H and O–H groups in total. The van der Waals surface area contributed by atoms with E-state index in [0.29, 0.717) is 4.57 Å². The fourth-order valence-corrected chi connectivity index (χ4v) is 5.68. The van der Waals surface area contributed by atoms with Crippen molar-refractivity contribution in [3.63, 3.8) is 0 Å². The van der Waals surface area contributed by atoms with E-state index in [1.807, 2.05) is 0 Å². The molecule has 1 saturated heterocycles. The molecule has 19 nitrogen and oxygen atoms in total. The van der Waals surface area contributed by atoms with E-state index in [9.17, 15) is 37.7 Å². The molecule has 23 heteroatoms. The molecule has 0 aliphatic carbocycles. The predicted molar refractivity (Wildman–Crippen MR) is 98.9 cm³/mol. The van der Waals surface area contributed by atoms with Gasteiger partial charge in [0.1, 0.15) is 11.7 Å². The zero-order valence-corrected chi connectivity index (χ0v) is 18.4. The van der Waals surface area contributed by atoms with Gasteiger partial charge in [-0.25, -0.2) is 22.9 Å². The monoisotopic (exact) mass is 541 g/mol. The van der Waals surface area contributed by atoms with E-state index in [2.05, 4.69) is 23.2 Å². The summed E-state index contributed by atoms with van der Waals surface area (Å²) in [5, 5.41) is 13.4. The molecular weight excluding hydrogens is 526 g/mol. The van der Waals surface area contributed by atoms with Crippen LogP contribution in [-0.2, 0) is 31.6 Å². The first-order valence-corrected chi connectivity index (χ1v) is 12.6. The number of nitrogens with one attached hydrogen (secondary N) is 1. The maximum atomic E-state index is 14.8. The Kier molecular flexibility index (Phi) is 8.21. The summed E-state index contributed by atoms with van der Waals surface area (Å²) in [6, 6.07) is 0.809. The summed E-state index contributed by atoms with van der Waals surface area (Å²) in [6.07, 6.45) is -5.94. The Labute approximate surface area is 180 Å². The van der Waals surface area contributed by atoms with Gasteiger partial charge in [0.25, 0.3) is 5.56 Å². The van der Waals surface area contributed by atoms with Crippen molar-refractivity contribution in [2.75, 3.05) is 13.2 Å². The molecule has 1 fully saturated rings. The number of phosphoric ester groups is 1. The standard InChI is InChI=1S/C10H15FN5O14P3/c11-6-7(18)10(3-13-15-12,28-8(6)16-2-1-5(17)14-9(16)19)4-27-32(23,24)30-33(25,26)29-31(20,21)22/h1-2,6-8,18H,3-4H2,(H,23,24)(H,25,26)(H,14,17,19)(H2,20,21,22)/t6-,7+,8-,10?/m1/s1. The van der Waals surface area contributed by atoms with Gasteiger partial charge in [0.2, 0.25) is 0 Å². The molecule has 2 rings (SSSR count). The molecule has 186 valence electrons. The van der Waals surface area contributed by atoms with Crippen LogP contribution in [0.1, 0.15) is 6.23 Å². The first kappa shape index (κ1) is 27.5. The lowest BCUT2D eigenvalue weighted by atomic mass is 9.97. The molecule has 1 aromatic rings. The van der Waals surface area contributed by atoms with Crippen molar-refractivity contribution in [2.24, 2.45) is 5.11 Å². The number of aromatic amines is 1. The van der Waals surface area contributed by atoms with Crippen molar-refractivity contribution in [1.82, 2.24) is 9.55 Å². The second-order valence-electron chi connectivity index (χ2n) is 6.23. The van der Waals surface area contributed by atoms with Crippen molar-refractivity contribution in [3.05, 3.63) is 43.5 Å². The maximum Gasteiger partial charge on any atom is 0.490 e. The van der Waals surface area contributed by atoms with Crippen molar-refractivity contribution in [1.29, 1.82) is 0 Å². The van der Waals surface area contributed by atoms with E-state index < -0.39 is 72.0 Å². The first-order valence-electron chi connectivity index (χ1n) is 8.11. The summed E-state index contributed by atoms with van der Waals surface area (Å²) in [6.45, 7) is -2.36. The number of halogens is 1. The zero-order chi connectivity index (χ0) is 25.2. The average molecular weight is 541 g/mol. The van der Waals surface area contributed by atoms with Crippen LogP contribution >= 0.6 is 23.5 Å². The van der Waals surface area contributed by atoms with Crippen LogP contribution in [0.15, 0.2) is 27.0 Å². The Balaban J connectivity index is 2.31. The first-order chi connectivity index (χ1) is 15.0. The molecule has 0 amide bonds. The summed E-state index contributed by atoms with van der Waals surface area (Å²) in [5.41, 5.74) is 4.03. The van der Waals surface area contributed by atoms with E-state index in [1.165, 1.54) is 0 Å². The highest BCUT2D eigenvalue weighted by Gasteiger charge is 2.57. The van der Waals surface area contributed by atoms with Crippen LogP contribution in [0.4, 0.5) is 4.39 Å². The number of H-pyrrole nitrogens is 1. The summed E-state index contributed by atoms with van der Waals surface area (Å²) in [7, 11) is -17.3. The summed E-state index contributed by atoms with van der Waals surface area (Å²) >= 11 is 0. The molecule has 1 aliphatic rings. The number of hydrogen-bond acceptors (Lipinski definition) is 11. The lowest BCUT2D eigenvalue weighted by molar-refractivity contribution is -0.120. The second-order valence-corrected chi connectivity index (χ2v) is 10.7. The van der Waals surface area contributed by atoms with Gasteiger partial charge in [-0.1, -0.05) is 5.11 Å². The van der Waals surface area contributed by atoms with Gasteiger partial charge < -0.3 is 29.4 Å². The number of aliphatic hydroxyl groups excluding tert-OH is 1. The van der Waals surface area contributed by atoms with Gasteiger partial charge in [-0.05, 0) is 5.53 Å². The highest BCUT2D eigenvalue weighted by Crippen LogP contribution is 2.66. The molecule has 0 bridgehead atoms. The van der Waals surface area contributed by atoms with E-state index in [4.69, 9.17) is 24.9 Å². The summed E-state index contributed by atoms with van der Waals surface area (Å²) in [5.74, 6) is 0. The number of aromatic nitrogens is 2. The minimum absolute atomic E-state index is 0.498. The van der Waals surface area contributed by atoms with Gasteiger partial charge in [-0.15, -0.1) is 0 Å². The van der Waals surface area contributed by atoms with E-state index >= 15 is 0 Å². The highest BCUT2D eigenvalue weighted by atomic mass is 31.3. The molecule has 33 heavy (non-hydrogen) atoms. The Bertz CT molecular complexity index is 1190. The Hall–Kier alpha value is -1.75. The van der Waals surface area contributed by atoms with Crippen LogP contribution in [0.5, 0.6) is 0 Å². The van der Waals surface area contributed by atoms with Crippen molar-refractivity contribution >= 4 is 23.5 Å². The molecular formula is C10H15FN5O14P3. The van der Waals surface area contributed by atoms with E-state index in [1.54, 1.807) is 4.98 Å². The predicted octanol–water partition coefficient (Wildman–Crippen LogP) is -0.843. The molecule has 0 aromatic carbocycles. The maximum absolute atomic E-state index is 14.8. The Morgan fingerprint density at radius 3 is 2.42 bits per heavy atom. The van der Waals surface area contributed by atoms with E-state index in [0.717, 1.165) is 12.3 Å². The fourth-order valence-electron chi connectivity index (χ4n) is 2.60. The van der Waals surface area contributed by atoms with Gasteiger partial charge in [-0.3, -0.25) is 18.9 Å². The molecule has 2 heterocycles. The summed E-state index contributed by atoms with van der Waals surface area (Å²) in [4.78, 5) is 63.0. The quantitative estimate of drug-likeness (QED) is 0.0911. The highest BCUT2D eigenvalue weighted by molar-refractivity contribution is 7.66. The van der Waals surface area contributed by atoms with Crippen molar-refractivity contribution in [3.8, 4) is 0 Å². The van der Waals surface area contributed by atoms with Crippen molar-refractivity contribution < 1.29 is 60.6 Å². The smallest absolute Gasteiger partial charge is 0.387 e. The number of ether oxygens (including phenoxy) is 1. The van der Waals surface area contributed by atoms with Crippen LogP contribution < -0.4 is 11.2 Å². The largest absolute Gasteiger partial charge is 0.490 e.